The highest BCUT2D eigenvalue weighted by molar-refractivity contribution is 7.85. The van der Waals surface area contributed by atoms with Crippen LogP contribution >= 0.6 is 0 Å². The molecule has 2 N–H and O–H groups in total. The molecule has 1 aromatic rings. The van der Waals surface area contributed by atoms with Crippen LogP contribution in [0.4, 0.5) is 0 Å². The van der Waals surface area contributed by atoms with Crippen LogP contribution in [0.15, 0.2) is 23.1 Å². The molecule has 76 valence electrons. The van der Waals surface area contributed by atoms with Crippen molar-refractivity contribution in [3.05, 3.63) is 29.3 Å². The second kappa shape index (κ2) is 4.24. The highest BCUT2D eigenvalue weighted by atomic mass is 32.2. The average Bonchev–Trinajstić information content (AvgIpc) is 2.64. The van der Waals surface area contributed by atoms with Crippen LogP contribution in [-0.2, 0) is 23.6 Å². The van der Waals surface area contributed by atoms with Gasteiger partial charge in [-0.25, -0.2) is 0 Å². The normalized spacial score (nSPS) is 16.6. The van der Waals surface area contributed by atoms with Crippen molar-refractivity contribution in [3.63, 3.8) is 0 Å². The molecule has 1 atom stereocenters. The quantitative estimate of drug-likeness (QED) is 0.814. The standard InChI is InChI=1S/C11H15NOS/c12-6-7-14(13)11-5-4-9-2-1-3-10(9)8-11/h4-5,8H,1-3,6-7,12H2. The Bertz CT molecular complexity index is 362. The van der Waals surface area contributed by atoms with E-state index < -0.39 is 10.8 Å². The molecule has 0 amide bonds. The largest absolute Gasteiger partial charge is 0.330 e. The summed E-state index contributed by atoms with van der Waals surface area (Å²) in [6.07, 6.45) is 3.56. The van der Waals surface area contributed by atoms with Crippen LogP contribution in [0.5, 0.6) is 0 Å². The van der Waals surface area contributed by atoms with Gasteiger partial charge in [-0.2, -0.15) is 0 Å². The van der Waals surface area contributed by atoms with Crippen molar-refractivity contribution >= 4 is 10.8 Å². The topological polar surface area (TPSA) is 43.1 Å². The molecule has 14 heavy (non-hydrogen) atoms. The predicted octanol–water partition coefficient (Wildman–Crippen LogP) is 1.24. The van der Waals surface area contributed by atoms with E-state index >= 15 is 0 Å². The third-order valence-electron chi connectivity index (χ3n) is 2.64. The van der Waals surface area contributed by atoms with Crippen molar-refractivity contribution in [3.8, 4) is 0 Å². The minimum absolute atomic E-state index is 0.490. The van der Waals surface area contributed by atoms with E-state index in [1.807, 2.05) is 6.07 Å². The van der Waals surface area contributed by atoms with Crippen LogP contribution in [0.3, 0.4) is 0 Å². The average molecular weight is 209 g/mol. The van der Waals surface area contributed by atoms with E-state index in [4.69, 9.17) is 5.73 Å². The fourth-order valence-electron chi connectivity index (χ4n) is 1.91. The Morgan fingerprint density at radius 3 is 2.86 bits per heavy atom. The van der Waals surface area contributed by atoms with Crippen molar-refractivity contribution in [1.82, 2.24) is 0 Å². The molecule has 1 aromatic carbocycles. The first-order valence-corrected chi connectivity index (χ1v) is 6.33. The van der Waals surface area contributed by atoms with Gasteiger partial charge in [-0.05, 0) is 42.5 Å². The zero-order valence-corrected chi connectivity index (χ0v) is 8.98. The Kier molecular flexibility index (Phi) is 2.99. The monoisotopic (exact) mass is 209 g/mol. The molecule has 1 unspecified atom stereocenters. The van der Waals surface area contributed by atoms with E-state index in [1.165, 1.54) is 24.0 Å². The SMILES string of the molecule is NCCS(=O)c1ccc2c(c1)CCC2. The lowest BCUT2D eigenvalue weighted by Crippen LogP contribution is -2.10. The number of hydrogen-bond acceptors (Lipinski definition) is 2. The third kappa shape index (κ3) is 1.88. The molecule has 0 bridgehead atoms. The Balaban J connectivity index is 2.24. The Morgan fingerprint density at radius 1 is 1.29 bits per heavy atom. The number of fused-ring (bicyclic) bond motifs is 1. The van der Waals surface area contributed by atoms with Crippen LogP contribution in [0.1, 0.15) is 17.5 Å². The summed E-state index contributed by atoms with van der Waals surface area (Å²) in [5.74, 6) is 0.568. The van der Waals surface area contributed by atoms with Gasteiger partial charge in [-0.3, -0.25) is 4.21 Å². The second-order valence-electron chi connectivity index (χ2n) is 3.62. The minimum atomic E-state index is -0.901. The van der Waals surface area contributed by atoms with Crippen molar-refractivity contribution in [2.45, 2.75) is 24.2 Å². The van der Waals surface area contributed by atoms with E-state index in [1.54, 1.807) is 0 Å². The van der Waals surface area contributed by atoms with Gasteiger partial charge >= 0.3 is 0 Å². The van der Waals surface area contributed by atoms with E-state index in [9.17, 15) is 4.21 Å². The highest BCUT2D eigenvalue weighted by Crippen LogP contribution is 2.23. The van der Waals surface area contributed by atoms with Crippen LogP contribution in [0, 0.1) is 0 Å². The zero-order valence-electron chi connectivity index (χ0n) is 8.16. The minimum Gasteiger partial charge on any atom is -0.330 e. The van der Waals surface area contributed by atoms with Gasteiger partial charge in [0.05, 0.1) is 10.8 Å². The molecule has 0 heterocycles. The van der Waals surface area contributed by atoms with E-state index in [0.29, 0.717) is 12.3 Å². The molecule has 0 saturated carbocycles. The van der Waals surface area contributed by atoms with Gasteiger partial charge in [0.1, 0.15) is 0 Å². The summed E-state index contributed by atoms with van der Waals surface area (Å²) in [4.78, 5) is 0.941. The van der Waals surface area contributed by atoms with Gasteiger partial charge in [0.25, 0.3) is 0 Å². The lowest BCUT2D eigenvalue weighted by atomic mass is 10.1. The molecule has 1 aliphatic carbocycles. The van der Waals surface area contributed by atoms with Crippen molar-refractivity contribution in [2.75, 3.05) is 12.3 Å². The molecule has 0 aliphatic heterocycles. The summed E-state index contributed by atoms with van der Waals surface area (Å²) >= 11 is 0. The van der Waals surface area contributed by atoms with Gasteiger partial charge in [-0.1, -0.05) is 6.07 Å². The molecule has 0 radical (unpaired) electrons. The van der Waals surface area contributed by atoms with Crippen LogP contribution in [0.2, 0.25) is 0 Å². The number of hydrogen-bond donors (Lipinski definition) is 1. The highest BCUT2D eigenvalue weighted by Gasteiger charge is 2.12. The summed E-state index contributed by atoms with van der Waals surface area (Å²) < 4.78 is 11.7. The van der Waals surface area contributed by atoms with Gasteiger partial charge in [-0.15, -0.1) is 0 Å². The lowest BCUT2D eigenvalue weighted by Gasteiger charge is -2.03. The first kappa shape index (κ1) is 9.87. The van der Waals surface area contributed by atoms with Crippen molar-refractivity contribution in [1.29, 1.82) is 0 Å². The van der Waals surface area contributed by atoms with E-state index in [0.717, 1.165) is 11.3 Å². The zero-order chi connectivity index (χ0) is 9.97. The number of aryl methyl sites for hydroxylation is 2. The first-order chi connectivity index (χ1) is 6.81. The molecule has 0 saturated heterocycles. The Hall–Kier alpha value is -0.670. The molecule has 2 nitrogen and oxygen atoms in total. The maximum Gasteiger partial charge on any atom is 0.0542 e. The Morgan fingerprint density at radius 2 is 2.07 bits per heavy atom. The van der Waals surface area contributed by atoms with Crippen molar-refractivity contribution < 1.29 is 4.21 Å². The second-order valence-corrected chi connectivity index (χ2v) is 5.19. The molecular weight excluding hydrogens is 194 g/mol. The van der Waals surface area contributed by atoms with Crippen molar-refractivity contribution in [2.24, 2.45) is 5.73 Å². The van der Waals surface area contributed by atoms with E-state index in [-0.39, 0.29) is 0 Å². The molecule has 1 aliphatic rings. The fourth-order valence-corrected chi connectivity index (χ4v) is 2.86. The molecule has 0 aromatic heterocycles. The van der Waals surface area contributed by atoms with Gasteiger partial charge in [0.2, 0.25) is 0 Å². The van der Waals surface area contributed by atoms with Gasteiger partial charge < -0.3 is 5.73 Å². The maximum absolute atomic E-state index is 11.7. The molecule has 2 rings (SSSR count). The predicted molar refractivity (Wildman–Crippen MR) is 58.8 cm³/mol. The lowest BCUT2D eigenvalue weighted by molar-refractivity contribution is 0.682. The summed E-state index contributed by atoms with van der Waals surface area (Å²) in [6.45, 7) is 0.490. The maximum atomic E-state index is 11.7. The van der Waals surface area contributed by atoms with E-state index in [2.05, 4.69) is 12.1 Å². The number of rotatable bonds is 3. The third-order valence-corrected chi connectivity index (χ3v) is 4.02. The molecule has 0 fully saturated rings. The summed E-state index contributed by atoms with van der Waals surface area (Å²) in [5, 5.41) is 0. The smallest absolute Gasteiger partial charge is 0.0542 e. The fraction of sp³-hybridized carbons (Fsp3) is 0.455. The van der Waals surface area contributed by atoms with Gasteiger partial charge in [0.15, 0.2) is 0 Å². The molecule has 3 heteroatoms. The summed E-state index contributed by atoms with van der Waals surface area (Å²) in [5.41, 5.74) is 8.20. The number of nitrogens with two attached hydrogens (primary N) is 1. The Labute approximate surface area is 87.0 Å². The summed E-state index contributed by atoms with van der Waals surface area (Å²) in [6, 6.07) is 6.19. The van der Waals surface area contributed by atoms with Crippen LogP contribution in [0.25, 0.3) is 0 Å². The molecular formula is C11H15NOS. The molecule has 0 spiro atoms. The van der Waals surface area contributed by atoms with Crippen LogP contribution in [-0.4, -0.2) is 16.5 Å². The van der Waals surface area contributed by atoms with Gasteiger partial charge in [0, 0.05) is 17.2 Å². The van der Waals surface area contributed by atoms with Crippen LogP contribution < -0.4 is 5.73 Å². The summed E-state index contributed by atoms with van der Waals surface area (Å²) in [7, 11) is -0.901. The number of benzene rings is 1. The first-order valence-electron chi connectivity index (χ1n) is 5.01.